The van der Waals surface area contributed by atoms with Crippen LogP contribution in [0.1, 0.15) is 32.4 Å². The lowest BCUT2D eigenvalue weighted by Crippen LogP contribution is -1.97. The lowest BCUT2D eigenvalue weighted by atomic mass is 10.00. The lowest BCUT2D eigenvalue weighted by Gasteiger charge is -2.05. The molecule has 0 radical (unpaired) electrons. The summed E-state index contributed by atoms with van der Waals surface area (Å²) in [4.78, 5) is 0. The van der Waals surface area contributed by atoms with Crippen molar-refractivity contribution >= 4 is 0 Å². The Kier molecular flexibility index (Phi) is 3.18. The van der Waals surface area contributed by atoms with Crippen molar-refractivity contribution in [2.24, 2.45) is 0 Å². The third-order valence-corrected chi connectivity index (χ3v) is 2.86. The number of nitrogens with zero attached hydrogens (tertiary/aromatic N) is 2. The Morgan fingerprint density at radius 3 is 2.41 bits per heavy atom. The zero-order valence-corrected chi connectivity index (χ0v) is 10.5. The highest BCUT2D eigenvalue weighted by atomic mass is 16.3. The van der Waals surface area contributed by atoms with E-state index < -0.39 is 0 Å². The van der Waals surface area contributed by atoms with Gasteiger partial charge in [0, 0.05) is 6.54 Å². The minimum atomic E-state index is 0.266. The Morgan fingerprint density at radius 2 is 1.88 bits per heavy atom. The van der Waals surface area contributed by atoms with Crippen LogP contribution in [0, 0.1) is 0 Å². The van der Waals surface area contributed by atoms with E-state index in [2.05, 4.69) is 18.9 Å². The van der Waals surface area contributed by atoms with Gasteiger partial charge in [-0.1, -0.05) is 44.2 Å². The zero-order valence-electron chi connectivity index (χ0n) is 10.5. The normalized spacial score (nSPS) is 11.1. The molecule has 90 valence electrons. The molecule has 3 nitrogen and oxygen atoms in total. The molecule has 0 atom stereocenters. The number of aromatic hydroxyl groups is 1. The van der Waals surface area contributed by atoms with Crippen LogP contribution in [-0.2, 0) is 6.54 Å². The molecule has 1 heterocycles. The first-order valence-corrected chi connectivity index (χ1v) is 6.00. The topological polar surface area (TPSA) is 38.0 Å². The van der Waals surface area contributed by atoms with Crippen LogP contribution < -0.4 is 0 Å². The molecule has 0 aliphatic carbocycles. The molecule has 0 unspecified atom stereocenters. The fraction of sp³-hybridized carbons (Fsp3) is 0.357. The third kappa shape index (κ3) is 2.05. The first-order valence-electron chi connectivity index (χ1n) is 6.00. The number of aromatic nitrogens is 2. The lowest BCUT2D eigenvalue weighted by molar-refractivity contribution is 0.406. The van der Waals surface area contributed by atoms with E-state index in [9.17, 15) is 5.11 Å². The summed E-state index contributed by atoms with van der Waals surface area (Å²) in [5, 5.41) is 14.7. The summed E-state index contributed by atoms with van der Waals surface area (Å²) in [7, 11) is 0. The van der Waals surface area contributed by atoms with Crippen LogP contribution in [-0.4, -0.2) is 14.9 Å². The Bertz CT molecular complexity index is 500. The van der Waals surface area contributed by atoms with Crippen molar-refractivity contribution in [1.29, 1.82) is 0 Å². The summed E-state index contributed by atoms with van der Waals surface area (Å²) in [6, 6.07) is 9.93. The molecule has 2 rings (SSSR count). The molecule has 17 heavy (non-hydrogen) atoms. The van der Waals surface area contributed by atoms with Crippen LogP contribution in [0.2, 0.25) is 0 Å². The quantitative estimate of drug-likeness (QED) is 0.877. The molecular formula is C14H18N2O. The molecule has 0 amide bonds. The molecule has 1 N–H and O–H groups in total. The Morgan fingerprint density at radius 1 is 1.24 bits per heavy atom. The number of hydrogen-bond acceptors (Lipinski definition) is 2. The number of rotatable bonds is 3. The van der Waals surface area contributed by atoms with E-state index >= 15 is 0 Å². The van der Waals surface area contributed by atoms with Crippen molar-refractivity contribution in [3.8, 4) is 17.0 Å². The van der Waals surface area contributed by atoms with Crippen LogP contribution in [0.3, 0.4) is 0 Å². The van der Waals surface area contributed by atoms with Crippen LogP contribution in [0.15, 0.2) is 30.3 Å². The molecule has 2 aromatic rings. The van der Waals surface area contributed by atoms with E-state index in [1.165, 1.54) is 0 Å². The maximum Gasteiger partial charge on any atom is 0.217 e. The average molecular weight is 230 g/mol. The van der Waals surface area contributed by atoms with Crippen molar-refractivity contribution in [2.45, 2.75) is 33.2 Å². The molecule has 0 fully saturated rings. The van der Waals surface area contributed by atoms with Gasteiger partial charge in [0.25, 0.3) is 0 Å². The molecule has 1 aromatic carbocycles. The number of hydrogen-bond donors (Lipinski definition) is 1. The molecule has 3 heteroatoms. The highest BCUT2D eigenvalue weighted by Crippen LogP contribution is 2.36. The molecule has 0 saturated heterocycles. The summed E-state index contributed by atoms with van der Waals surface area (Å²) < 4.78 is 1.65. The molecule has 1 aromatic heterocycles. The molecule has 0 bridgehead atoms. The Hall–Kier alpha value is -1.77. The van der Waals surface area contributed by atoms with Crippen LogP contribution in [0.4, 0.5) is 0 Å². The van der Waals surface area contributed by atoms with Gasteiger partial charge in [-0.15, -0.1) is 0 Å². The van der Waals surface area contributed by atoms with E-state index in [1.54, 1.807) is 4.68 Å². The monoisotopic (exact) mass is 230 g/mol. The van der Waals surface area contributed by atoms with E-state index in [1.807, 2.05) is 37.3 Å². The van der Waals surface area contributed by atoms with Gasteiger partial charge in [-0.3, -0.25) is 0 Å². The van der Waals surface area contributed by atoms with Gasteiger partial charge in [0.2, 0.25) is 5.88 Å². The number of aryl methyl sites for hydroxylation is 1. The van der Waals surface area contributed by atoms with Crippen LogP contribution in [0.25, 0.3) is 11.1 Å². The van der Waals surface area contributed by atoms with E-state index in [0.29, 0.717) is 12.5 Å². The largest absolute Gasteiger partial charge is 0.493 e. The predicted molar refractivity (Wildman–Crippen MR) is 69.1 cm³/mol. The van der Waals surface area contributed by atoms with Gasteiger partial charge >= 0.3 is 0 Å². The minimum absolute atomic E-state index is 0.266. The number of benzene rings is 1. The molecule has 0 saturated carbocycles. The van der Waals surface area contributed by atoms with Crippen molar-refractivity contribution < 1.29 is 5.11 Å². The summed E-state index contributed by atoms with van der Waals surface area (Å²) in [5.41, 5.74) is 2.84. The Labute approximate surface area is 102 Å². The second-order valence-corrected chi connectivity index (χ2v) is 4.42. The van der Waals surface area contributed by atoms with Gasteiger partial charge in [-0.05, 0) is 18.4 Å². The van der Waals surface area contributed by atoms with Gasteiger partial charge in [0.05, 0.1) is 11.3 Å². The fourth-order valence-corrected chi connectivity index (χ4v) is 1.98. The third-order valence-electron chi connectivity index (χ3n) is 2.86. The van der Waals surface area contributed by atoms with E-state index in [-0.39, 0.29) is 5.88 Å². The first kappa shape index (κ1) is 11.7. The van der Waals surface area contributed by atoms with E-state index in [0.717, 1.165) is 16.8 Å². The maximum atomic E-state index is 10.2. The highest BCUT2D eigenvalue weighted by Gasteiger charge is 2.19. The zero-order chi connectivity index (χ0) is 12.4. The molecule has 0 spiro atoms. The summed E-state index contributed by atoms with van der Waals surface area (Å²) >= 11 is 0. The fourth-order valence-electron chi connectivity index (χ4n) is 1.98. The van der Waals surface area contributed by atoms with Gasteiger partial charge in [0.1, 0.15) is 0 Å². The highest BCUT2D eigenvalue weighted by molar-refractivity contribution is 5.71. The maximum absolute atomic E-state index is 10.2. The van der Waals surface area contributed by atoms with Gasteiger partial charge in [-0.25, -0.2) is 4.68 Å². The first-order chi connectivity index (χ1) is 8.15. The van der Waals surface area contributed by atoms with Crippen molar-refractivity contribution in [3.63, 3.8) is 0 Å². The van der Waals surface area contributed by atoms with Crippen LogP contribution in [0.5, 0.6) is 5.88 Å². The van der Waals surface area contributed by atoms with Gasteiger partial charge in [-0.2, -0.15) is 5.10 Å². The summed E-state index contributed by atoms with van der Waals surface area (Å²) in [6.07, 6.45) is 0. The molecule has 0 aliphatic rings. The van der Waals surface area contributed by atoms with Gasteiger partial charge < -0.3 is 5.11 Å². The summed E-state index contributed by atoms with van der Waals surface area (Å²) in [6.45, 7) is 6.84. The SMILES string of the molecule is CCn1nc(C(C)C)c(-c2ccccc2)c1O. The van der Waals surface area contributed by atoms with Crippen molar-refractivity contribution in [2.75, 3.05) is 0 Å². The second-order valence-electron chi connectivity index (χ2n) is 4.42. The van der Waals surface area contributed by atoms with Crippen LogP contribution >= 0.6 is 0 Å². The van der Waals surface area contributed by atoms with Crippen molar-refractivity contribution in [1.82, 2.24) is 9.78 Å². The molecular weight excluding hydrogens is 212 g/mol. The standard InChI is InChI=1S/C14H18N2O/c1-4-16-14(17)12(13(15-16)10(2)3)11-8-6-5-7-9-11/h5-10,17H,4H2,1-3H3. The molecule has 0 aliphatic heterocycles. The van der Waals surface area contributed by atoms with Crippen molar-refractivity contribution in [3.05, 3.63) is 36.0 Å². The van der Waals surface area contributed by atoms with E-state index in [4.69, 9.17) is 0 Å². The average Bonchev–Trinajstić information content (AvgIpc) is 2.67. The van der Waals surface area contributed by atoms with Gasteiger partial charge in [0.15, 0.2) is 0 Å². The minimum Gasteiger partial charge on any atom is -0.493 e. The summed E-state index contributed by atoms with van der Waals surface area (Å²) in [5.74, 6) is 0.561. The smallest absolute Gasteiger partial charge is 0.217 e. The second kappa shape index (κ2) is 4.62. The Balaban J connectivity index is 2.63. The predicted octanol–water partition coefficient (Wildman–Crippen LogP) is 3.40.